The normalized spacial score (nSPS) is 14.1. The second-order valence-electron chi connectivity index (χ2n) is 17.3. The maximum absolute atomic E-state index is 8.43. The minimum absolute atomic E-state index is 0. The van der Waals surface area contributed by atoms with Gasteiger partial charge in [0.2, 0.25) is 5.69 Å². The molecular formula is C49H48N4OPt+2. The Balaban J connectivity index is 0.00000512. The first kappa shape index (κ1) is 34.4. The summed E-state index contributed by atoms with van der Waals surface area (Å²) in [6.07, 6.45) is 1.88. The average Bonchev–Trinajstić information content (AvgIpc) is 3.69. The van der Waals surface area contributed by atoms with Crippen molar-refractivity contribution in [2.75, 3.05) is 0 Å². The molecule has 7 aromatic rings. The molecule has 0 fully saturated rings. The fraction of sp³-hybridized carbons (Fsp3) is 0.265. The summed E-state index contributed by atoms with van der Waals surface area (Å²) < 4.78 is 37.7. The predicted octanol–water partition coefficient (Wildman–Crippen LogP) is 12.6. The van der Waals surface area contributed by atoms with E-state index in [0.717, 1.165) is 38.9 Å². The largest absolute Gasteiger partial charge is 2.00 e. The van der Waals surface area contributed by atoms with Crippen LogP contribution in [0, 0.1) is 19.0 Å². The molecule has 0 aliphatic carbocycles. The summed E-state index contributed by atoms with van der Waals surface area (Å²) in [5.74, 6) is 1.83. The van der Waals surface area contributed by atoms with E-state index in [4.69, 9.17) is 13.8 Å². The monoisotopic (exact) mass is 906 g/mol. The van der Waals surface area contributed by atoms with Gasteiger partial charge in [-0.25, -0.2) is 4.98 Å². The van der Waals surface area contributed by atoms with Gasteiger partial charge in [-0.1, -0.05) is 121 Å². The molecule has 2 aromatic heterocycles. The topological polar surface area (TPSA) is 33.1 Å². The molecule has 0 unspecified atom stereocenters. The Hall–Kier alpha value is -5.08. The molecule has 278 valence electrons. The zero-order valence-corrected chi connectivity index (χ0v) is 35.2. The van der Waals surface area contributed by atoms with Gasteiger partial charge in [0, 0.05) is 51.1 Å². The first-order valence-corrected chi connectivity index (χ1v) is 18.6. The van der Waals surface area contributed by atoms with E-state index in [1.54, 1.807) is 12.1 Å². The van der Waals surface area contributed by atoms with Gasteiger partial charge in [-0.15, -0.1) is 23.6 Å². The van der Waals surface area contributed by atoms with Crippen molar-refractivity contribution in [2.24, 2.45) is 0 Å². The van der Waals surface area contributed by atoms with Crippen molar-refractivity contribution in [3.63, 3.8) is 0 Å². The second kappa shape index (κ2) is 13.9. The molecule has 0 N–H and O–H groups in total. The van der Waals surface area contributed by atoms with E-state index in [9.17, 15) is 0 Å². The Labute approximate surface area is 344 Å². The minimum atomic E-state index is -2.34. The van der Waals surface area contributed by atoms with Crippen LogP contribution in [-0.2, 0) is 37.3 Å². The molecule has 0 saturated heterocycles. The standard InChI is InChI=1S/C49H48N4O.Pt/c1-32-14-11-19-43-46(32)52(36-16-12-15-33(26-36)47(2,3)4)31-51(43)37-17-13-18-38(29-37)54-39-21-22-40-41-27-34(48(5,6)7)20-23-42(41)53(44(40)30-39)45-28-35(24-25-50-45)49(8,9)10;/h11-28H,1-10H3;/q;+2/i1D3;. The summed E-state index contributed by atoms with van der Waals surface area (Å²) in [6.45, 7) is 17.5. The summed E-state index contributed by atoms with van der Waals surface area (Å²) in [6, 6.07) is 44.8. The van der Waals surface area contributed by atoms with Gasteiger partial charge in [0.1, 0.15) is 11.5 Å². The van der Waals surface area contributed by atoms with Crippen molar-refractivity contribution >= 4 is 50.6 Å². The van der Waals surface area contributed by atoms with Crippen LogP contribution in [-0.4, -0.2) is 15.6 Å². The van der Waals surface area contributed by atoms with Gasteiger partial charge in [-0.05, 0) is 67.9 Å². The first-order chi connectivity index (χ1) is 26.8. The summed E-state index contributed by atoms with van der Waals surface area (Å²) >= 11 is 0. The fourth-order valence-electron chi connectivity index (χ4n) is 7.07. The number of aryl methyl sites for hydroxylation is 1. The maximum atomic E-state index is 8.43. The SMILES string of the molecule is [2H]C([2H])([2H])c1cccc2c1[N+](c1cccc(C(C)(C)C)c1)=C=[N+]2c1[c-]c(Oc2[c-]c3c(cc2)c2cc(C(C)(C)C)ccc2n3-c2cc(C(C)(C)C)ccn2)ccc1.[Pt+2]. The number of rotatable bonds is 5. The van der Waals surface area contributed by atoms with Crippen molar-refractivity contribution in [1.29, 1.82) is 0 Å². The van der Waals surface area contributed by atoms with Crippen molar-refractivity contribution in [2.45, 2.75) is 85.4 Å². The van der Waals surface area contributed by atoms with E-state index >= 15 is 0 Å². The van der Waals surface area contributed by atoms with Gasteiger partial charge in [-0.2, -0.15) is 12.1 Å². The maximum Gasteiger partial charge on any atom is 2.00 e. The zero-order valence-electron chi connectivity index (χ0n) is 35.9. The van der Waals surface area contributed by atoms with Crippen LogP contribution in [0.25, 0.3) is 27.6 Å². The minimum Gasteiger partial charge on any atom is -0.509 e. The number of aromatic nitrogens is 2. The molecule has 1 aliphatic rings. The zero-order chi connectivity index (χ0) is 40.7. The molecule has 0 saturated carbocycles. The summed E-state index contributed by atoms with van der Waals surface area (Å²) in [7, 11) is 0. The van der Waals surface area contributed by atoms with Crippen LogP contribution in [0.1, 0.15) is 88.7 Å². The van der Waals surface area contributed by atoms with Crippen LogP contribution in [0.3, 0.4) is 0 Å². The van der Waals surface area contributed by atoms with Gasteiger partial charge in [-0.3, -0.25) is 0 Å². The van der Waals surface area contributed by atoms with Crippen LogP contribution < -0.4 is 13.9 Å². The predicted molar refractivity (Wildman–Crippen MR) is 224 cm³/mol. The molecule has 5 aromatic carbocycles. The summed E-state index contributed by atoms with van der Waals surface area (Å²) in [4.78, 5) is 4.86. The molecule has 0 bridgehead atoms. The van der Waals surface area contributed by atoms with E-state index < -0.39 is 6.85 Å². The van der Waals surface area contributed by atoms with E-state index in [1.165, 1.54) is 11.1 Å². The van der Waals surface area contributed by atoms with Crippen LogP contribution >= 0.6 is 0 Å². The fourth-order valence-corrected chi connectivity index (χ4v) is 7.07. The molecular weight excluding hydrogens is 856 g/mol. The number of ether oxygens (including phenoxy) is 1. The Bertz CT molecular complexity index is 2810. The Kier molecular flexibility index (Phi) is 8.69. The van der Waals surface area contributed by atoms with Gasteiger partial charge in [0.15, 0.2) is 0 Å². The Morgan fingerprint density at radius 3 is 2.11 bits per heavy atom. The van der Waals surface area contributed by atoms with Crippen LogP contribution in [0.5, 0.6) is 11.5 Å². The van der Waals surface area contributed by atoms with E-state index in [0.29, 0.717) is 28.6 Å². The quantitative estimate of drug-likeness (QED) is 0.127. The molecule has 6 heteroatoms. The van der Waals surface area contributed by atoms with Crippen molar-refractivity contribution in [1.82, 2.24) is 18.7 Å². The van der Waals surface area contributed by atoms with Crippen molar-refractivity contribution in [3.8, 4) is 17.3 Å². The number of para-hydroxylation sites is 1. The number of fused-ring (bicyclic) bond motifs is 4. The van der Waals surface area contributed by atoms with E-state index in [-0.39, 0.29) is 42.9 Å². The second-order valence-corrected chi connectivity index (χ2v) is 17.3. The molecule has 0 atom stereocenters. The number of hydrogen-bond donors (Lipinski definition) is 0. The van der Waals surface area contributed by atoms with Gasteiger partial charge >= 0.3 is 32.8 Å². The summed E-state index contributed by atoms with van der Waals surface area (Å²) in [5, 5.41) is 2.19. The molecule has 3 heterocycles. The molecule has 5 nitrogen and oxygen atoms in total. The Morgan fingerprint density at radius 2 is 1.36 bits per heavy atom. The van der Waals surface area contributed by atoms with Gasteiger partial charge < -0.3 is 9.30 Å². The third kappa shape index (κ3) is 7.13. The van der Waals surface area contributed by atoms with Crippen molar-refractivity contribution < 1.29 is 29.9 Å². The van der Waals surface area contributed by atoms with E-state index in [1.807, 2.05) is 57.8 Å². The number of nitrogens with zero attached hydrogens (tertiary/aromatic N) is 4. The van der Waals surface area contributed by atoms with Gasteiger partial charge in [0.05, 0.1) is 0 Å². The van der Waals surface area contributed by atoms with E-state index in [2.05, 4.69) is 134 Å². The number of hydrogen-bond acceptors (Lipinski definition) is 2. The molecule has 0 amide bonds. The smallest absolute Gasteiger partial charge is 0.509 e. The molecule has 1 aliphatic heterocycles. The average molecular weight is 907 g/mol. The number of pyridine rings is 1. The summed E-state index contributed by atoms with van der Waals surface area (Å²) in [5.41, 5.74) is 8.29. The first-order valence-electron chi connectivity index (χ1n) is 20.1. The number of benzene rings is 5. The molecule has 55 heavy (non-hydrogen) atoms. The molecule has 0 spiro atoms. The van der Waals surface area contributed by atoms with Crippen LogP contribution in [0.4, 0.5) is 22.7 Å². The third-order valence-electron chi connectivity index (χ3n) is 10.2. The molecule has 8 rings (SSSR count). The molecule has 0 radical (unpaired) electrons. The Morgan fingerprint density at radius 1 is 0.673 bits per heavy atom. The van der Waals surface area contributed by atoms with Crippen molar-refractivity contribution in [3.05, 3.63) is 144 Å². The van der Waals surface area contributed by atoms with Crippen LogP contribution in [0.15, 0.2) is 109 Å². The van der Waals surface area contributed by atoms with Crippen LogP contribution in [0.2, 0.25) is 0 Å². The van der Waals surface area contributed by atoms with Gasteiger partial charge in [0.25, 0.3) is 5.69 Å². The third-order valence-corrected chi connectivity index (χ3v) is 10.2.